The Hall–Kier alpha value is -2.24. The van der Waals surface area contributed by atoms with Crippen molar-refractivity contribution in [1.82, 2.24) is 10.2 Å². The number of likely N-dealkylation sites (tertiary alicyclic amines) is 1. The van der Waals surface area contributed by atoms with E-state index < -0.39 is 17.5 Å². The van der Waals surface area contributed by atoms with Crippen molar-refractivity contribution in [3.63, 3.8) is 0 Å². The number of fused-ring (bicyclic) bond motifs is 1. The van der Waals surface area contributed by atoms with Gasteiger partial charge in [0.1, 0.15) is 11.4 Å². The summed E-state index contributed by atoms with van der Waals surface area (Å²) in [5.41, 5.74) is 0.270. The van der Waals surface area contributed by atoms with Crippen molar-refractivity contribution in [2.24, 2.45) is 0 Å². The zero-order valence-corrected chi connectivity index (χ0v) is 15.7. The van der Waals surface area contributed by atoms with E-state index in [0.717, 1.165) is 18.4 Å². The van der Waals surface area contributed by atoms with Crippen LogP contribution in [0.4, 0.5) is 4.79 Å². The summed E-state index contributed by atoms with van der Waals surface area (Å²) >= 11 is 0. The fourth-order valence-electron chi connectivity index (χ4n) is 4.77. The molecule has 3 aliphatic rings. The van der Waals surface area contributed by atoms with Crippen molar-refractivity contribution in [2.75, 3.05) is 13.1 Å². The minimum Gasteiger partial charge on any atom is -0.487 e. The zero-order valence-electron chi connectivity index (χ0n) is 15.7. The third-order valence-corrected chi connectivity index (χ3v) is 6.39. The molecule has 0 radical (unpaired) electrons. The van der Waals surface area contributed by atoms with Gasteiger partial charge in [-0.15, -0.1) is 0 Å². The highest BCUT2D eigenvalue weighted by Gasteiger charge is 2.46. The van der Waals surface area contributed by atoms with Crippen LogP contribution in [0.25, 0.3) is 0 Å². The third-order valence-electron chi connectivity index (χ3n) is 6.39. The quantitative estimate of drug-likeness (QED) is 0.833. The first kappa shape index (κ1) is 18.1. The van der Waals surface area contributed by atoms with Gasteiger partial charge < -0.3 is 20.1 Å². The molecule has 1 atom stereocenters. The van der Waals surface area contributed by atoms with Gasteiger partial charge in [0, 0.05) is 44.0 Å². The molecule has 1 spiro atoms. The standard InChI is InChI=1S/C21H28N2O4/c24-19(25)17-14-21(27-18-9-5-4-8-16(17)18)10-12-23(13-11-21)20(26)22-15-6-2-1-3-7-15/h4-5,8-9,15,17H,1-3,6-7,10-14H2,(H,22,26)(H,24,25). The molecule has 1 aromatic carbocycles. The fraction of sp³-hybridized carbons (Fsp3) is 0.619. The third kappa shape index (κ3) is 3.75. The lowest BCUT2D eigenvalue weighted by Gasteiger charge is -2.46. The average molecular weight is 372 g/mol. The predicted octanol–water partition coefficient (Wildman–Crippen LogP) is 3.51. The number of hydrogen-bond acceptors (Lipinski definition) is 3. The van der Waals surface area contributed by atoms with Crippen molar-refractivity contribution >= 4 is 12.0 Å². The number of para-hydroxylation sites is 1. The van der Waals surface area contributed by atoms with Gasteiger partial charge in [-0.1, -0.05) is 37.5 Å². The summed E-state index contributed by atoms with van der Waals surface area (Å²) in [7, 11) is 0. The smallest absolute Gasteiger partial charge is 0.317 e. The number of benzene rings is 1. The minimum atomic E-state index is -0.803. The first-order valence-electron chi connectivity index (χ1n) is 10.1. The number of nitrogens with zero attached hydrogens (tertiary/aromatic N) is 1. The molecule has 2 amide bonds. The molecule has 2 heterocycles. The minimum absolute atomic E-state index is 0.0164. The second kappa shape index (κ2) is 7.41. The van der Waals surface area contributed by atoms with Crippen LogP contribution < -0.4 is 10.1 Å². The van der Waals surface area contributed by atoms with Crippen molar-refractivity contribution in [1.29, 1.82) is 0 Å². The number of rotatable bonds is 2. The molecule has 1 saturated heterocycles. The Morgan fingerprint density at radius 2 is 1.81 bits per heavy atom. The molecule has 2 aliphatic heterocycles. The van der Waals surface area contributed by atoms with Crippen LogP contribution in [0, 0.1) is 0 Å². The Morgan fingerprint density at radius 1 is 1.11 bits per heavy atom. The van der Waals surface area contributed by atoms with Crippen molar-refractivity contribution in [3.8, 4) is 5.75 Å². The Balaban J connectivity index is 1.41. The molecule has 0 aromatic heterocycles. The number of hydrogen-bond donors (Lipinski definition) is 2. The van der Waals surface area contributed by atoms with Gasteiger partial charge in [-0.25, -0.2) is 4.79 Å². The van der Waals surface area contributed by atoms with E-state index >= 15 is 0 Å². The lowest BCUT2D eigenvalue weighted by atomic mass is 9.77. The van der Waals surface area contributed by atoms with Gasteiger partial charge in [-0.2, -0.15) is 0 Å². The van der Waals surface area contributed by atoms with Gasteiger partial charge in [0.15, 0.2) is 0 Å². The number of nitrogens with one attached hydrogen (secondary N) is 1. The second-order valence-electron chi connectivity index (χ2n) is 8.19. The lowest BCUT2D eigenvalue weighted by Crippen LogP contribution is -2.55. The number of carbonyl (C=O) groups is 2. The Morgan fingerprint density at radius 3 is 2.52 bits per heavy atom. The second-order valence-corrected chi connectivity index (χ2v) is 8.19. The summed E-state index contributed by atoms with van der Waals surface area (Å²) in [6, 6.07) is 7.75. The molecule has 1 unspecified atom stereocenters. The molecule has 0 bridgehead atoms. The summed E-state index contributed by atoms with van der Waals surface area (Å²) < 4.78 is 6.30. The van der Waals surface area contributed by atoms with Gasteiger partial charge >= 0.3 is 12.0 Å². The highest BCUT2D eigenvalue weighted by molar-refractivity contribution is 5.78. The van der Waals surface area contributed by atoms with Crippen LogP contribution in [0.5, 0.6) is 5.75 Å². The summed E-state index contributed by atoms with van der Waals surface area (Å²) in [5.74, 6) is -0.670. The Kier molecular flexibility index (Phi) is 4.98. The van der Waals surface area contributed by atoms with Crippen LogP contribution in [-0.2, 0) is 4.79 Å². The van der Waals surface area contributed by atoms with E-state index in [1.807, 2.05) is 29.2 Å². The Bertz CT molecular complexity index is 706. The topological polar surface area (TPSA) is 78.9 Å². The van der Waals surface area contributed by atoms with E-state index in [0.29, 0.717) is 44.1 Å². The largest absolute Gasteiger partial charge is 0.487 e. The van der Waals surface area contributed by atoms with E-state index in [2.05, 4.69) is 5.32 Å². The lowest BCUT2D eigenvalue weighted by molar-refractivity contribution is -0.142. The monoisotopic (exact) mass is 372 g/mol. The highest BCUT2D eigenvalue weighted by atomic mass is 16.5. The molecule has 4 rings (SSSR count). The number of carboxylic acid groups (broad SMARTS) is 1. The average Bonchev–Trinajstić information content (AvgIpc) is 2.68. The maximum Gasteiger partial charge on any atom is 0.317 e. The van der Waals surface area contributed by atoms with E-state index in [9.17, 15) is 14.7 Å². The number of carboxylic acids is 1. The zero-order chi connectivity index (χ0) is 18.9. The van der Waals surface area contributed by atoms with Gasteiger partial charge in [0.25, 0.3) is 0 Å². The summed E-state index contributed by atoms with van der Waals surface area (Å²) in [6.07, 6.45) is 7.61. The molecular formula is C21H28N2O4. The number of carbonyl (C=O) groups excluding carboxylic acids is 1. The van der Waals surface area contributed by atoms with Crippen LogP contribution in [0.2, 0.25) is 0 Å². The fourth-order valence-corrected chi connectivity index (χ4v) is 4.77. The molecule has 146 valence electrons. The van der Waals surface area contributed by atoms with Crippen LogP contribution in [0.1, 0.15) is 62.8 Å². The maximum absolute atomic E-state index is 12.6. The number of aliphatic carboxylic acids is 1. The number of urea groups is 1. The first-order chi connectivity index (χ1) is 13.1. The van der Waals surface area contributed by atoms with E-state index in [-0.39, 0.29) is 6.03 Å². The molecule has 6 heteroatoms. The number of ether oxygens (including phenoxy) is 1. The van der Waals surface area contributed by atoms with Gasteiger partial charge in [0.05, 0.1) is 5.92 Å². The first-order valence-corrected chi connectivity index (χ1v) is 10.1. The Labute approximate surface area is 159 Å². The van der Waals surface area contributed by atoms with E-state index in [1.165, 1.54) is 19.3 Å². The van der Waals surface area contributed by atoms with Crippen LogP contribution in [0.3, 0.4) is 0 Å². The van der Waals surface area contributed by atoms with Crippen LogP contribution in [-0.4, -0.2) is 46.7 Å². The van der Waals surface area contributed by atoms with Gasteiger partial charge in [-0.3, -0.25) is 4.79 Å². The van der Waals surface area contributed by atoms with Crippen molar-refractivity contribution in [2.45, 2.75) is 68.9 Å². The van der Waals surface area contributed by atoms with E-state index in [4.69, 9.17) is 4.74 Å². The maximum atomic E-state index is 12.6. The molecular weight excluding hydrogens is 344 g/mol. The molecule has 1 saturated carbocycles. The van der Waals surface area contributed by atoms with Crippen molar-refractivity contribution in [3.05, 3.63) is 29.8 Å². The van der Waals surface area contributed by atoms with E-state index in [1.54, 1.807) is 0 Å². The number of piperidine rings is 1. The van der Waals surface area contributed by atoms with Crippen LogP contribution in [0.15, 0.2) is 24.3 Å². The summed E-state index contributed by atoms with van der Waals surface area (Å²) in [5, 5.41) is 12.9. The normalized spacial score (nSPS) is 24.7. The predicted molar refractivity (Wildman–Crippen MR) is 101 cm³/mol. The molecule has 1 aliphatic carbocycles. The molecule has 27 heavy (non-hydrogen) atoms. The molecule has 6 nitrogen and oxygen atoms in total. The molecule has 2 fully saturated rings. The summed E-state index contributed by atoms with van der Waals surface area (Å²) in [4.78, 5) is 26.3. The van der Waals surface area contributed by atoms with Crippen molar-refractivity contribution < 1.29 is 19.4 Å². The SMILES string of the molecule is O=C(O)C1CC2(CCN(C(=O)NC3CCCCC3)CC2)Oc2ccccc21. The van der Waals surface area contributed by atoms with Gasteiger partial charge in [0.2, 0.25) is 0 Å². The van der Waals surface area contributed by atoms with Gasteiger partial charge in [-0.05, 0) is 18.9 Å². The summed E-state index contributed by atoms with van der Waals surface area (Å²) in [6.45, 7) is 1.21. The van der Waals surface area contributed by atoms with Crippen LogP contribution >= 0.6 is 0 Å². The number of amides is 2. The molecule has 2 N–H and O–H groups in total. The molecule has 1 aromatic rings. The highest BCUT2D eigenvalue weighted by Crippen LogP contribution is 2.45.